The second-order valence-electron chi connectivity index (χ2n) is 12.8. The third-order valence-electron chi connectivity index (χ3n) is 9.85. The second-order valence-corrected chi connectivity index (χ2v) is 12.8. The summed E-state index contributed by atoms with van der Waals surface area (Å²) in [7, 11) is 3.62. The molecule has 1 aliphatic heterocycles. The van der Waals surface area contributed by atoms with Gasteiger partial charge in [-0.2, -0.15) is 4.98 Å². The number of hydrogen-bond donors (Lipinski definition) is 1. The van der Waals surface area contributed by atoms with Crippen LogP contribution in [0.2, 0.25) is 0 Å². The van der Waals surface area contributed by atoms with Gasteiger partial charge in [0.05, 0.1) is 0 Å². The molecule has 7 heteroatoms. The fourth-order valence-electron chi connectivity index (χ4n) is 6.41. The van der Waals surface area contributed by atoms with Crippen LogP contribution < -0.4 is 5.32 Å². The first-order valence-electron chi connectivity index (χ1n) is 15.4. The molecule has 0 bridgehead atoms. The molecule has 2 aromatic heterocycles. The van der Waals surface area contributed by atoms with E-state index in [1.165, 1.54) is 50.9 Å². The number of piperidine rings is 1. The maximum absolute atomic E-state index is 13.1. The van der Waals surface area contributed by atoms with E-state index in [-0.39, 0.29) is 11.4 Å². The Kier molecular flexibility index (Phi) is 8.50. The number of benzene rings is 1. The Bertz CT molecular complexity index is 1290. The summed E-state index contributed by atoms with van der Waals surface area (Å²) >= 11 is 0. The van der Waals surface area contributed by atoms with Crippen molar-refractivity contribution >= 4 is 28.6 Å². The van der Waals surface area contributed by atoms with Gasteiger partial charge in [-0.1, -0.05) is 39.8 Å². The molecule has 7 nitrogen and oxygen atoms in total. The fourth-order valence-corrected chi connectivity index (χ4v) is 6.41. The molecule has 1 saturated heterocycles. The van der Waals surface area contributed by atoms with Crippen molar-refractivity contribution in [2.24, 2.45) is 11.8 Å². The topological polar surface area (TPSA) is 66.3 Å². The number of carbonyl (C=O) groups is 1. The number of amides is 1. The van der Waals surface area contributed by atoms with Crippen LogP contribution in [0.15, 0.2) is 36.5 Å². The molecule has 40 heavy (non-hydrogen) atoms. The van der Waals surface area contributed by atoms with E-state index in [0.29, 0.717) is 17.6 Å². The van der Waals surface area contributed by atoms with Crippen molar-refractivity contribution in [3.8, 4) is 0 Å². The van der Waals surface area contributed by atoms with Crippen molar-refractivity contribution in [1.82, 2.24) is 24.3 Å². The number of anilines is 2. The molecule has 1 saturated carbocycles. The maximum Gasteiger partial charge on any atom is 0.270 e. The molecule has 3 aromatic rings. The highest BCUT2D eigenvalue weighted by Crippen LogP contribution is 2.45. The minimum atomic E-state index is -0.0434. The number of hydrogen-bond acceptors (Lipinski definition) is 5. The van der Waals surface area contributed by atoms with Crippen LogP contribution in [0.5, 0.6) is 0 Å². The molecule has 0 radical (unpaired) electrons. The van der Waals surface area contributed by atoms with Crippen LogP contribution in [-0.2, 0) is 5.54 Å². The van der Waals surface area contributed by atoms with E-state index in [0.717, 1.165) is 47.8 Å². The van der Waals surface area contributed by atoms with E-state index >= 15 is 0 Å². The first-order valence-corrected chi connectivity index (χ1v) is 15.4. The van der Waals surface area contributed by atoms with Gasteiger partial charge >= 0.3 is 0 Å². The number of nitrogens with one attached hydrogen (secondary N) is 1. The predicted octanol–water partition coefficient (Wildman–Crippen LogP) is 7.03. The summed E-state index contributed by atoms with van der Waals surface area (Å²) in [6, 6.07) is 10.8. The maximum atomic E-state index is 13.1. The van der Waals surface area contributed by atoms with Crippen LogP contribution in [0.1, 0.15) is 94.6 Å². The molecular weight excluding hydrogens is 496 g/mol. The molecule has 216 valence electrons. The average Bonchev–Trinajstić information content (AvgIpc) is 3.30. The smallest absolute Gasteiger partial charge is 0.270 e. The molecule has 1 unspecified atom stereocenters. The highest BCUT2D eigenvalue weighted by Gasteiger charge is 2.41. The molecule has 2 fully saturated rings. The first kappa shape index (κ1) is 28.6. The van der Waals surface area contributed by atoms with Crippen molar-refractivity contribution in [2.45, 2.75) is 84.1 Å². The van der Waals surface area contributed by atoms with Crippen LogP contribution in [0.3, 0.4) is 0 Å². The third kappa shape index (κ3) is 5.76. The van der Waals surface area contributed by atoms with Crippen molar-refractivity contribution < 1.29 is 4.79 Å². The molecule has 3 heterocycles. The van der Waals surface area contributed by atoms with E-state index in [1.807, 2.05) is 26.4 Å². The van der Waals surface area contributed by atoms with Crippen molar-refractivity contribution in [3.05, 3.63) is 47.8 Å². The van der Waals surface area contributed by atoms with Gasteiger partial charge in [-0.25, -0.2) is 4.98 Å². The standard InChI is InChI=1S/C33H48N6O/c1-7-33(16-8-17-33)39-29(31(40)37(5)6)21-27-22-34-32(36-30(27)39)35-28-11-9-25(10-12-28)26-14-19-38(20-15-26)18-13-24(4)23(2)3/h9-12,21-24,26H,7-8,13-20H2,1-6H3,(H,34,35,36). The predicted molar refractivity (Wildman–Crippen MR) is 164 cm³/mol. The molecule has 2 aliphatic rings. The van der Waals surface area contributed by atoms with Crippen LogP contribution >= 0.6 is 0 Å². The van der Waals surface area contributed by atoms with Gasteiger partial charge in [0.15, 0.2) is 0 Å². The minimum absolute atomic E-state index is 0.0128. The number of rotatable bonds is 10. The summed E-state index contributed by atoms with van der Waals surface area (Å²) in [5.41, 5.74) is 3.92. The molecule has 1 N–H and O–H groups in total. The molecular formula is C33H48N6O. The van der Waals surface area contributed by atoms with Crippen molar-refractivity contribution in [2.75, 3.05) is 39.0 Å². The Labute approximate surface area is 240 Å². The van der Waals surface area contributed by atoms with E-state index in [1.54, 1.807) is 4.90 Å². The molecule has 5 rings (SSSR count). The van der Waals surface area contributed by atoms with Gasteiger partial charge in [-0.3, -0.25) is 4.79 Å². The van der Waals surface area contributed by atoms with Gasteiger partial charge in [0.25, 0.3) is 5.91 Å². The van der Waals surface area contributed by atoms with Gasteiger partial charge in [-0.05, 0) is 106 Å². The highest BCUT2D eigenvalue weighted by molar-refractivity contribution is 5.98. The Morgan fingerprint density at radius 2 is 1.82 bits per heavy atom. The van der Waals surface area contributed by atoms with Crippen LogP contribution in [0, 0.1) is 11.8 Å². The van der Waals surface area contributed by atoms with Gasteiger partial charge in [0, 0.05) is 36.9 Å². The second kappa shape index (κ2) is 11.9. The lowest BCUT2D eigenvalue weighted by molar-refractivity contribution is 0.0780. The summed E-state index contributed by atoms with van der Waals surface area (Å²) in [6.45, 7) is 12.9. The van der Waals surface area contributed by atoms with E-state index in [2.05, 4.69) is 71.7 Å². The number of likely N-dealkylation sites (tertiary alicyclic amines) is 1. The zero-order valence-corrected chi connectivity index (χ0v) is 25.4. The van der Waals surface area contributed by atoms with E-state index in [4.69, 9.17) is 4.98 Å². The lowest BCUT2D eigenvalue weighted by atomic mass is 9.74. The number of fused-ring (bicyclic) bond motifs is 1. The van der Waals surface area contributed by atoms with Gasteiger partial charge in [0.1, 0.15) is 11.3 Å². The third-order valence-corrected chi connectivity index (χ3v) is 9.85. The lowest BCUT2D eigenvalue weighted by Crippen LogP contribution is -2.42. The number of carbonyl (C=O) groups excluding carboxylic acids is 1. The first-order chi connectivity index (χ1) is 19.2. The lowest BCUT2D eigenvalue weighted by Gasteiger charge is -2.44. The molecule has 0 spiro atoms. The highest BCUT2D eigenvalue weighted by atomic mass is 16.2. The molecule has 1 aliphatic carbocycles. The van der Waals surface area contributed by atoms with Gasteiger partial charge in [0.2, 0.25) is 5.95 Å². The SMILES string of the molecule is CCC1(n2c(C(=O)N(C)C)cc3cnc(Nc4ccc(C5CCN(CCC(C)C(C)C)CC5)cc4)nc32)CCC1. The largest absolute Gasteiger partial charge is 0.343 e. The Morgan fingerprint density at radius 1 is 1.12 bits per heavy atom. The van der Waals surface area contributed by atoms with Gasteiger partial charge < -0.3 is 19.7 Å². The minimum Gasteiger partial charge on any atom is -0.343 e. The Balaban J connectivity index is 1.28. The van der Waals surface area contributed by atoms with Crippen LogP contribution in [0.25, 0.3) is 11.0 Å². The van der Waals surface area contributed by atoms with Crippen molar-refractivity contribution in [1.29, 1.82) is 0 Å². The zero-order chi connectivity index (χ0) is 28.4. The monoisotopic (exact) mass is 544 g/mol. The van der Waals surface area contributed by atoms with E-state index < -0.39 is 0 Å². The molecule has 1 atom stereocenters. The number of nitrogens with zero attached hydrogens (tertiary/aromatic N) is 5. The van der Waals surface area contributed by atoms with Crippen LogP contribution in [-0.4, -0.2) is 64.0 Å². The summed E-state index contributed by atoms with van der Waals surface area (Å²) in [5.74, 6) is 2.77. The Morgan fingerprint density at radius 3 is 2.40 bits per heavy atom. The van der Waals surface area contributed by atoms with Crippen LogP contribution in [0.4, 0.5) is 11.6 Å². The van der Waals surface area contributed by atoms with Gasteiger partial charge in [-0.15, -0.1) is 0 Å². The van der Waals surface area contributed by atoms with Crippen molar-refractivity contribution in [3.63, 3.8) is 0 Å². The zero-order valence-electron chi connectivity index (χ0n) is 25.4. The summed E-state index contributed by atoms with van der Waals surface area (Å²) < 4.78 is 2.21. The summed E-state index contributed by atoms with van der Waals surface area (Å²) in [5, 5.41) is 4.34. The summed E-state index contributed by atoms with van der Waals surface area (Å²) in [6.07, 6.45) is 9.92. The summed E-state index contributed by atoms with van der Waals surface area (Å²) in [4.78, 5) is 27.0. The normalized spacial score (nSPS) is 18.6. The molecule has 1 aromatic carbocycles. The van der Waals surface area contributed by atoms with E-state index in [9.17, 15) is 4.79 Å². The average molecular weight is 545 g/mol. The number of aromatic nitrogens is 3. The quantitative estimate of drug-likeness (QED) is 0.297. The molecule has 1 amide bonds. The Hall–Kier alpha value is -2.93. The fraction of sp³-hybridized carbons (Fsp3) is 0.606.